The van der Waals surface area contributed by atoms with Gasteiger partial charge in [-0.1, -0.05) is 0 Å². The molecule has 4 nitrogen and oxygen atoms in total. The summed E-state index contributed by atoms with van der Waals surface area (Å²) in [5, 5.41) is 4.16. The molecule has 1 rings (SSSR count). The summed E-state index contributed by atoms with van der Waals surface area (Å²) in [5.41, 5.74) is 5.51. The van der Waals surface area contributed by atoms with E-state index in [9.17, 15) is 0 Å². The maximum Gasteiger partial charge on any atom is 0.0536 e. The van der Waals surface area contributed by atoms with Crippen LogP contribution in [0.5, 0.6) is 0 Å². The molecule has 0 amide bonds. The highest BCUT2D eigenvalue weighted by molar-refractivity contribution is 4.78. The van der Waals surface area contributed by atoms with Gasteiger partial charge in [0, 0.05) is 25.0 Å². The van der Waals surface area contributed by atoms with Crippen molar-refractivity contribution in [3.05, 3.63) is 18.5 Å². The Morgan fingerprint density at radius 2 is 2.36 bits per heavy atom. The Hall–Kier alpha value is -0.870. The van der Waals surface area contributed by atoms with Crippen LogP contribution in [-0.2, 0) is 6.54 Å². The second kappa shape index (κ2) is 5.78. The number of aromatic nitrogens is 2. The van der Waals surface area contributed by atoms with Crippen molar-refractivity contribution >= 4 is 0 Å². The molecule has 1 aromatic heterocycles. The molecule has 4 heteroatoms. The molecule has 1 unspecified atom stereocenters. The zero-order valence-electron chi connectivity index (χ0n) is 9.06. The highest BCUT2D eigenvalue weighted by Crippen LogP contribution is 1.99. The molecule has 1 heterocycles. The standard InChI is InChI=1S/C10H20N4/c1-10(4-5-11)13(2)8-9-14-7-3-6-12-14/h3,6-7,10H,4-5,8-9,11H2,1-2H3. The Bertz CT molecular complexity index is 232. The third kappa shape index (κ3) is 3.47. The van der Waals surface area contributed by atoms with E-state index in [2.05, 4.69) is 24.0 Å². The maximum atomic E-state index is 5.51. The van der Waals surface area contributed by atoms with Crippen LogP contribution in [0.3, 0.4) is 0 Å². The summed E-state index contributed by atoms with van der Waals surface area (Å²) in [6.45, 7) is 4.92. The van der Waals surface area contributed by atoms with E-state index >= 15 is 0 Å². The summed E-state index contributed by atoms with van der Waals surface area (Å²) < 4.78 is 1.95. The quantitative estimate of drug-likeness (QED) is 0.723. The van der Waals surface area contributed by atoms with Crippen LogP contribution in [0.2, 0.25) is 0 Å². The van der Waals surface area contributed by atoms with Crippen LogP contribution in [0.15, 0.2) is 18.5 Å². The first-order valence-corrected chi connectivity index (χ1v) is 5.11. The van der Waals surface area contributed by atoms with Gasteiger partial charge < -0.3 is 10.6 Å². The summed E-state index contributed by atoms with van der Waals surface area (Å²) in [6.07, 6.45) is 4.85. The van der Waals surface area contributed by atoms with Gasteiger partial charge >= 0.3 is 0 Å². The third-order valence-electron chi connectivity index (χ3n) is 2.58. The van der Waals surface area contributed by atoms with Gasteiger partial charge in [-0.15, -0.1) is 0 Å². The fourth-order valence-electron chi connectivity index (χ4n) is 1.37. The molecule has 0 aliphatic heterocycles. The molecule has 0 aromatic carbocycles. The predicted octanol–water partition coefficient (Wildman–Crippen LogP) is 0.552. The lowest BCUT2D eigenvalue weighted by Crippen LogP contribution is -2.33. The largest absolute Gasteiger partial charge is 0.330 e. The molecular formula is C10H20N4. The van der Waals surface area contributed by atoms with E-state index in [0.29, 0.717) is 6.04 Å². The topological polar surface area (TPSA) is 47.1 Å². The molecule has 0 radical (unpaired) electrons. The smallest absolute Gasteiger partial charge is 0.0536 e. The number of rotatable bonds is 6. The molecular weight excluding hydrogens is 176 g/mol. The SMILES string of the molecule is CC(CCN)N(C)CCn1cccn1. The van der Waals surface area contributed by atoms with Crippen molar-refractivity contribution in [1.29, 1.82) is 0 Å². The van der Waals surface area contributed by atoms with E-state index in [-0.39, 0.29) is 0 Å². The zero-order valence-corrected chi connectivity index (χ0v) is 9.06. The minimum Gasteiger partial charge on any atom is -0.330 e. The minimum atomic E-state index is 0.551. The van der Waals surface area contributed by atoms with Gasteiger partial charge in [-0.3, -0.25) is 4.68 Å². The Balaban J connectivity index is 2.24. The molecule has 0 fully saturated rings. The number of likely N-dealkylation sites (N-methyl/N-ethyl adjacent to an activating group) is 1. The number of hydrogen-bond donors (Lipinski definition) is 1. The van der Waals surface area contributed by atoms with Gasteiger partial charge in [0.25, 0.3) is 0 Å². The summed E-state index contributed by atoms with van der Waals surface area (Å²) >= 11 is 0. The monoisotopic (exact) mass is 196 g/mol. The summed E-state index contributed by atoms with van der Waals surface area (Å²) in [4.78, 5) is 2.31. The Morgan fingerprint density at radius 3 is 2.93 bits per heavy atom. The molecule has 0 aliphatic carbocycles. The van der Waals surface area contributed by atoms with Crippen molar-refractivity contribution in [1.82, 2.24) is 14.7 Å². The number of nitrogens with two attached hydrogens (primary N) is 1. The van der Waals surface area contributed by atoms with Crippen molar-refractivity contribution < 1.29 is 0 Å². The fraction of sp³-hybridized carbons (Fsp3) is 0.700. The Kier molecular flexibility index (Phi) is 4.62. The Morgan fingerprint density at radius 1 is 1.57 bits per heavy atom. The van der Waals surface area contributed by atoms with Crippen LogP contribution in [0.25, 0.3) is 0 Å². The molecule has 80 valence electrons. The van der Waals surface area contributed by atoms with Crippen LogP contribution >= 0.6 is 0 Å². The minimum absolute atomic E-state index is 0.551. The van der Waals surface area contributed by atoms with Crippen molar-refractivity contribution in [2.45, 2.75) is 25.9 Å². The maximum absolute atomic E-state index is 5.51. The molecule has 2 N–H and O–H groups in total. The predicted molar refractivity (Wildman–Crippen MR) is 58.0 cm³/mol. The molecule has 1 atom stereocenters. The number of hydrogen-bond acceptors (Lipinski definition) is 3. The van der Waals surface area contributed by atoms with Crippen LogP contribution in [0.4, 0.5) is 0 Å². The summed E-state index contributed by atoms with van der Waals surface area (Å²) in [7, 11) is 2.13. The van der Waals surface area contributed by atoms with Gasteiger partial charge in [-0.2, -0.15) is 5.10 Å². The molecule has 0 saturated carbocycles. The first-order valence-electron chi connectivity index (χ1n) is 5.11. The summed E-state index contributed by atoms with van der Waals surface area (Å²) in [6, 6.07) is 2.50. The van der Waals surface area contributed by atoms with Gasteiger partial charge in [0.2, 0.25) is 0 Å². The second-order valence-electron chi connectivity index (χ2n) is 3.68. The van der Waals surface area contributed by atoms with E-state index in [0.717, 1.165) is 26.1 Å². The van der Waals surface area contributed by atoms with Gasteiger partial charge in [-0.05, 0) is 33.0 Å². The van der Waals surface area contributed by atoms with Crippen molar-refractivity contribution in [2.24, 2.45) is 5.73 Å². The van der Waals surface area contributed by atoms with E-state index < -0.39 is 0 Å². The lowest BCUT2D eigenvalue weighted by Gasteiger charge is -2.23. The first kappa shape index (κ1) is 11.2. The summed E-state index contributed by atoms with van der Waals surface area (Å²) in [5.74, 6) is 0. The lowest BCUT2D eigenvalue weighted by atomic mass is 10.2. The molecule has 0 aliphatic rings. The molecule has 0 spiro atoms. The lowest BCUT2D eigenvalue weighted by molar-refractivity contribution is 0.236. The van der Waals surface area contributed by atoms with Gasteiger partial charge in [0.15, 0.2) is 0 Å². The van der Waals surface area contributed by atoms with E-state index in [4.69, 9.17) is 5.73 Å². The average Bonchev–Trinajstić information content (AvgIpc) is 2.67. The van der Waals surface area contributed by atoms with Crippen molar-refractivity contribution in [3.63, 3.8) is 0 Å². The molecule has 0 saturated heterocycles. The van der Waals surface area contributed by atoms with Gasteiger partial charge in [0.1, 0.15) is 0 Å². The zero-order chi connectivity index (χ0) is 10.4. The van der Waals surface area contributed by atoms with Crippen molar-refractivity contribution in [2.75, 3.05) is 20.1 Å². The van der Waals surface area contributed by atoms with Gasteiger partial charge in [0.05, 0.1) is 6.54 Å². The molecule has 0 bridgehead atoms. The van der Waals surface area contributed by atoms with E-state index in [1.807, 2.05) is 23.1 Å². The van der Waals surface area contributed by atoms with Crippen LogP contribution in [0.1, 0.15) is 13.3 Å². The Labute approximate surface area is 85.7 Å². The van der Waals surface area contributed by atoms with E-state index in [1.165, 1.54) is 0 Å². The fourth-order valence-corrected chi connectivity index (χ4v) is 1.37. The van der Waals surface area contributed by atoms with Gasteiger partial charge in [-0.25, -0.2) is 0 Å². The highest BCUT2D eigenvalue weighted by atomic mass is 15.3. The number of nitrogens with zero attached hydrogens (tertiary/aromatic N) is 3. The molecule has 14 heavy (non-hydrogen) atoms. The van der Waals surface area contributed by atoms with E-state index in [1.54, 1.807) is 0 Å². The van der Waals surface area contributed by atoms with Crippen LogP contribution in [-0.4, -0.2) is 40.9 Å². The second-order valence-corrected chi connectivity index (χ2v) is 3.68. The normalized spacial score (nSPS) is 13.4. The van der Waals surface area contributed by atoms with Crippen LogP contribution in [0, 0.1) is 0 Å². The van der Waals surface area contributed by atoms with Crippen molar-refractivity contribution in [3.8, 4) is 0 Å². The first-order chi connectivity index (χ1) is 6.74. The third-order valence-corrected chi connectivity index (χ3v) is 2.58. The average molecular weight is 196 g/mol. The molecule has 1 aromatic rings. The van der Waals surface area contributed by atoms with Crippen LogP contribution < -0.4 is 5.73 Å². The highest BCUT2D eigenvalue weighted by Gasteiger charge is 2.07.